The number of halogens is 3. The van der Waals surface area contributed by atoms with Crippen LogP contribution in [0, 0.1) is 11.3 Å². The Kier molecular flexibility index (Phi) is 6.85. The molecule has 1 unspecified atom stereocenters. The fraction of sp³-hybridized carbons (Fsp3) is 0.700. The minimum atomic E-state index is -5.08. The summed E-state index contributed by atoms with van der Waals surface area (Å²) in [6.45, 7) is 2.17. The Bertz CT molecular complexity index is 365. The number of hydrogen-bond donors (Lipinski definition) is 2. The van der Waals surface area contributed by atoms with Crippen molar-refractivity contribution in [2.45, 2.75) is 38.0 Å². The molecule has 0 radical (unpaired) electrons. The molecule has 0 bridgehead atoms. The number of nitrogens with zero attached hydrogens (tertiary/aromatic N) is 1. The fourth-order valence-electron chi connectivity index (χ4n) is 1.27. The van der Waals surface area contributed by atoms with Crippen LogP contribution in [0.2, 0.25) is 0 Å². The van der Waals surface area contributed by atoms with Crippen molar-refractivity contribution in [1.82, 2.24) is 5.32 Å². The number of esters is 1. The van der Waals surface area contributed by atoms with Crippen molar-refractivity contribution < 1.29 is 32.6 Å². The third-order valence-electron chi connectivity index (χ3n) is 2.12. The minimum absolute atomic E-state index is 0.181. The van der Waals surface area contributed by atoms with Gasteiger partial charge >= 0.3 is 18.1 Å². The van der Waals surface area contributed by atoms with Gasteiger partial charge in [-0.3, -0.25) is 10.1 Å². The van der Waals surface area contributed by atoms with E-state index in [2.05, 4.69) is 11.4 Å². The number of rotatable bonds is 2. The highest BCUT2D eigenvalue weighted by Crippen LogP contribution is 2.13. The highest BCUT2D eigenvalue weighted by molar-refractivity contribution is 5.76. The largest absolute Gasteiger partial charge is 0.490 e. The summed E-state index contributed by atoms with van der Waals surface area (Å²) in [6.07, 6.45) is -3.64. The lowest BCUT2D eigenvalue weighted by Gasteiger charge is -2.08. The highest BCUT2D eigenvalue weighted by Gasteiger charge is 2.38. The van der Waals surface area contributed by atoms with Gasteiger partial charge in [0.25, 0.3) is 0 Å². The van der Waals surface area contributed by atoms with Crippen molar-refractivity contribution in [3.63, 3.8) is 0 Å². The second-order valence-corrected chi connectivity index (χ2v) is 3.53. The van der Waals surface area contributed by atoms with Crippen LogP contribution in [0.4, 0.5) is 13.2 Å². The van der Waals surface area contributed by atoms with E-state index in [0.717, 1.165) is 6.42 Å². The Morgan fingerprint density at radius 1 is 1.47 bits per heavy atom. The van der Waals surface area contributed by atoms with Crippen LogP contribution >= 0.6 is 0 Å². The maximum Gasteiger partial charge on any atom is 0.490 e. The molecular weight excluding hydrogens is 269 g/mol. The first kappa shape index (κ1) is 17.2. The van der Waals surface area contributed by atoms with Crippen LogP contribution in [0.3, 0.4) is 0 Å². The van der Waals surface area contributed by atoms with Gasteiger partial charge in [0.2, 0.25) is 0 Å². The summed E-state index contributed by atoms with van der Waals surface area (Å²) in [5.74, 6) is -3.00. The second kappa shape index (κ2) is 7.58. The number of carbonyl (C=O) groups is 2. The molecule has 1 aliphatic rings. The summed E-state index contributed by atoms with van der Waals surface area (Å²) < 4.78 is 36.5. The van der Waals surface area contributed by atoms with Crippen molar-refractivity contribution in [1.29, 1.82) is 5.26 Å². The molecule has 2 N–H and O–H groups in total. The van der Waals surface area contributed by atoms with Crippen molar-refractivity contribution in [2.24, 2.45) is 0 Å². The van der Waals surface area contributed by atoms with E-state index in [1.54, 1.807) is 6.92 Å². The van der Waals surface area contributed by atoms with Gasteiger partial charge in [0.1, 0.15) is 6.04 Å². The SMILES string of the molecule is CCOC(=O)[C@@H]1CCC(C#N)N1.O=C(O)C(F)(F)F. The molecule has 1 saturated heterocycles. The molecule has 0 aromatic heterocycles. The summed E-state index contributed by atoms with van der Waals surface area (Å²) in [6, 6.07) is 1.62. The molecule has 1 heterocycles. The quantitative estimate of drug-likeness (QED) is 0.728. The Morgan fingerprint density at radius 2 is 2.00 bits per heavy atom. The van der Waals surface area contributed by atoms with Gasteiger partial charge in [-0.05, 0) is 19.8 Å². The lowest BCUT2D eigenvalue weighted by molar-refractivity contribution is -0.192. The first-order valence-electron chi connectivity index (χ1n) is 5.34. The summed E-state index contributed by atoms with van der Waals surface area (Å²) in [5, 5.41) is 18.5. The van der Waals surface area contributed by atoms with E-state index in [1.165, 1.54) is 0 Å². The zero-order valence-corrected chi connectivity index (χ0v) is 10.0. The predicted molar refractivity (Wildman–Crippen MR) is 55.9 cm³/mol. The predicted octanol–water partition coefficient (Wildman–Crippen LogP) is 0.827. The van der Waals surface area contributed by atoms with Gasteiger partial charge in [-0.15, -0.1) is 0 Å². The molecule has 1 aliphatic heterocycles. The van der Waals surface area contributed by atoms with E-state index in [4.69, 9.17) is 19.9 Å². The van der Waals surface area contributed by atoms with Crippen molar-refractivity contribution in [3.05, 3.63) is 0 Å². The number of carbonyl (C=O) groups excluding carboxylic acids is 1. The third-order valence-corrected chi connectivity index (χ3v) is 2.12. The van der Waals surface area contributed by atoms with Gasteiger partial charge in [0.15, 0.2) is 0 Å². The molecule has 0 amide bonds. The Balaban J connectivity index is 0.000000399. The molecule has 6 nitrogen and oxygen atoms in total. The number of carboxylic acid groups (broad SMARTS) is 1. The molecule has 1 rings (SSSR count). The topological polar surface area (TPSA) is 99.4 Å². The summed E-state index contributed by atoms with van der Waals surface area (Å²) in [5.41, 5.74) is 0. The molecule has 0 aromatic carbocycles. The number of nitrogens with one attached hydrogen (secondary N) is 1. The maximum absolute atomic E-state index is 11.1. The number of aliphatic carboxylic acids is 1. The van der Waals surface area contributed by atoms with E-state index in [-0.39, 0.29) is 18.1 Å². The monoisotopic (exact) mass is 282 g/mol. The summed E-state index contributed by atoms with van der Waals surface area (Å²) in [7, 11) is 0. The lowest BCUT2D eigenvalue weighted by atomic mass is 10.2. The van der Waals surface area contributed by atoms with Crippen LogP contribution in [0.1, 0.15) is 19.8 Å². The van der Waals surface area contributed by atoms with Gasteiger partial charge < -0.3 is 9.84 Å². The standard InChI is InChI=1S/C8H12N2O2.C2HF3O2/c1-2-12-8(11)7-4-3-6(5-9)10-7;3-2(4,5)1(6)7/h6-7,10H,2-4H2,1H3;(H,6,7)/t6?,7-;/m0./s1. The van der Waals surface area contributed by atoms with Crippen LogP contribution in [-0.2, 0) is 14.3 Å². The lowest BCUT2D eigenvalue weighted by Crippen LogP contribution is -2.36. The molecule has 0 saturated carbocycles. The number of alkyl halides is 3. The number of nitriles is 1. The van der Waals surface area contributed by atoms with E-state index >= 15 is 0 Å². The van der Waals surface area contributed by atoms with E-state index in [0.29, 0.717) is 13.0 Å². The van der Waals surface area contributed by atoms with Crippen molar-refractivity contribution in [3.8, 4) is 6.07 Å². The smallest absolute Gasteiger partial charge is 0.475 e. The Hall–Kier alpha value is -1.82. The number of hydrogen-bond acceptors (Lipinski definition) is 5. The minimum Gasteiger partial charge on any atom is -0.475 e. The molecule has 0 spiro atoms. The van der Waals surface area contributed by atoms with Crippen molar-refractivity contribution in [2.75, 3.05) is 6.61 Å². The van der Waals surface area contributed by atoms with Gasteiger partial charge in [0, 0.05) is 0 Å². The zero-order chi connectivity index (χ0) is 15.1. The normalized spacial score (nSPS) is 21.8. The fourth-order valence-corrected chi connectivity index (χ4v) is 1.27. The van der Waals surface area contributed by atoms with Crippen LogP contribution in [0.15, 0.2) is 0 Å². The average Bonchev–Trinajstić information content (AvgIpc) is 2.77. The van der Waals surface area contributed by atoms with Crippen LogP contribution in [-0.4, -0.2) is 41.9 Å². The van der Waals surface area contributed by atoms with E-state index in [1.807, 2.05) is 0 Å². The van der Waals surface area contributed by atoms with E-state index < -0.39 is 12.1 Å². The average molecular weight is 282 g/mol. The van der Waals surface area contributed by atoms with Crippen LogP contribution in [0.5, 0.6) is 0 Å². The molecule has 19 heavy (non-hydrogen) atoms. The molecule has 0 aliphatic carbocycles. The van der Waals surface area contributed by atoms with Gasteiger partial charge in [-0.2, -0.15) is 18.4 Å². The van der Waals surface area contributed by atoms with Crippen LogP contribution < -0.4 is 5.32 Å². The summed E-state index contributed by atoms with van der Waals surface area (Å²) in [4.78, 5) is 20.0. The summed E-state index contributed by atoms with van der Waals surface area (Å²) >= 11 is 0. The first-order valence-corrected chi connectivity index (χ1v) is 5.34. The van der Waals surface area contributed by atoms with Crippen molar-refractivity contribution >= 4 is 11.9 Å². The van der Waals surface area contributed by atoms with Gasteiger partial charge in [-0.1, -0.05) is 0 Å². The maximum atomic E-state index is 11.1. The van der Waals surface area contributed by atoms with Gasteiger partial charge in [-0.25, -0.2) is 4.79 Å². The molecule has 108 valence electrons. The number of carboxylic acids is 1. The highest BCUT2D eigenvalue weighted by atomic mass is 19.4. The zero-order valence-electron chi connectivity index (χ0n) is 10.0. The van der Waals surface area contributed by atoms with Gasteiger partial charge in [0.05, 0.1) is 18.7 Å². The second-order valence-electron chi connectivity index (χ2n) is 3.53. The van der Waals surface area contributed by atoms with E-state index in [9.17, 15) is 18.0 Å². The number of ether oxygens (including phenoxy) is 1. The molecule has 9 heteroatoms. The molecular formula is C10H13F3N2O4. The van der Waals surface area contributed by atoms with Crippen LogP contribution in [0.25, 0.3) is 0 Å². The molecule has 0 aromatic rings. The molecule has 1 fully saturated rings. The Morgan fingerprint density at radius 3 is 2.32 bits per heavy atom. The third kappa shape index (κ3) is 6.61. The molecule has 2 atom stereocenters. The Labute approximate surface area is 107 Å². The first-order chi connectivity index (χ1) is 8.72.